The Kier molecular flexibility index (Phi) is 5.34. The first-order valence-electron chi connectivity index (χ1n) is 8.11. The Balaban J connectivity index is 2.10. The highest BCUT2D eigenvalue weighted by Crippen LogP contribution is 2.40. The zero-order valence-corrected chi connectivity index (χ0v) is 16.3. The molecule has 3 N–H and O–H groups in total. The van der Waals surface area contributed by atoms with Gasteiger partial charge in [0.25, 0.3) is 10.0 Å². The third-order valence-corrected chi connectivity index (χ3v) is 6.38. The Labute approximate surface area is 162 Å². The Hall–Kier alpha value is -2.64. The molecule has 0 amide bonds. The predicted octanol–water partition coefficient (Wildman–Crippen LogP) is 4.82. The molecule has 140 valence electrons. The summed E-state index contributed by atoms with van der Waals surface area (Å²) in [5.74, 6) is 0.195. The molecular weight excluding hydrogens is 382 g/mol. The number of sulfonamides is 1. The summed E-state index contributed by atoms with van der Waals surface area (Å²) < 4.78 is 28.3. The largest absolute Gasteiger partial charge is 0.512 e. The van der Waals surface area contributed by atoms with Crippen molar-refractivity contribution < 1.29 is 18.6 Å². The van der Waals surface area contributed by atoms with Crippen molar-refractivity contribution in [1.29, 1.82) is 0 Å². The van der Waals surface area contributed by atoms with Crippen molar-refractivity contribution in [2.45, 2.75) is 16.7 Å². The zero-order valence-electron chi connectivity index (χ0n) is 14.6. The summed E-state index contributed by atoms with van der Waals surface area (Å²) >= 11 is 1.17. The molecule has 3 aromatic rings. The molecule has 0 unspecified atom stereocenters. The Morgan fingerprint density at radius 2 is 1.81 bits per heavy atom. The number of phenolic OH excluding ortho intramolecular Hbond substituents is 1. The molecule has 27 heavy (non-hydrogen) atoms. The molecule has 0 heterocycles. The van der Waals surface area contributed by atoms with Gasteiger partial charge in [-0.15, -0.1) is 11.8 Å². The van der Waals surface area contributed by atoms with Gasteiger partial charge in [-0.25, -0.2) is 8.42 Å². The lowest BCUT2D eigenvalue weighted by molar-refractivity contribution is 0.420. The van der Waals surface area contributed by atoms with Gasteiger partial charge in [0.15, 0.2) is 0 Å². The van der Waals surface area contributed by atoms with E-state index in [-0.39, 0.29) is 22.2 Å². The molecule has 3 aromatic carbocycles. The standard InChI is InChI=1S/C20H19NO4S2/c1-13-6-5-7-15(10-13)27(24,25)21-18-11-19(26-12-14(2)22)20(23)17-9-4-3-8-16(17)18/h3-11,21-23H,2,12H2,1H3. The molecule has 0 aliphatic carbocycles. The summed E-state index contributed by atoms with van der Waals surface area (Å²) in [5, 5.41) is 21.0. The third kappa shape index (κ3) is 4.20. The number of hydrogen-bond acceptors (Lipinski definition) is 5. The van der Waals surface area contributed by atoms with E-state index in [0.717, 1.165) is 5.56 Å². The summed E-state index contributed by atoms with van der Waals surface area (Å²) in [7, 11) is -3.80. The molecule has 0 saturated carbocycles. The maximum Gasteiger partial charge on any atom is 0.261 e. The van der Waals surface area contributed by atoms with E-state index in [2.05, 4.69) is 11.3 Å². The van der Waals surface area contributed by atoms with Crippen LogP contribution >= 0.6 is 11.8 Å². The van der Waals surface area contributed by atoms with Gasteiger partial charge < -0.3 is 10.2 Å². The second kappa shape index (κ2) is 7.54. The highest BCUT2D eigenvalue weighted by atomic mass is 32.2. The van der Waals surface area contributed by atoms with Crippen LogP contribution in [0.4, 0.5) is 5.69 Å². The minimum Gasteiger partial charge on any atom is -0.512 e. The van der Waals surface area contributed by atoms with Gasteiger partial charge in [0.05, 0.1) is 27.0 Å². The van der Waals surface area contributed by atoms with Crippen molar-refractivity contribution in [3.05, 3.63) is 72.5 Å². The average molecular weight is 402 g/mol. The van der Waals surface area contributed by atoms with Gasteiger partial charge in [-0.1, -0.05) is 43.0 Å². The molecule has 0 aliphatic rings. The van der Waals surface area contributed by atoms with Crippen molar-refractivity contribution >= 4 is 38.2 Å². The number of benzene rings is 3. The van der Waals surface area contributed by atoms with E-state index in [1.165, 1.54) is 17.8 Å². The Morgan fingerprint density at radius 3 is 2.48 bits per heavy atom. The van der Waals surface area contributed by atoms with Crippen molar-refractivity contribution in [2.24, 2.45) is 0 Å². The predicted molar refractivity (Wildman–Crippen MR) is 110 cm³/mol. The molecule has 0 radical (unpaired) electrons. The zero-order chi connectivity index (χ0) is 19.6. The minimum absolute atomic E-state index is 0.0329. The van der Waals surface area contributed by atoms with Crippen LogP contribution in [0.25, 0.3) is 10.8 Å². The lowest BCUT2D eigenvalue weighted by atomic mass is 10.1. The van der Waals surface area contributed by atoms with Gasteiger partial charge in [0.2, 0.25) is 0 Å². The quantitative estimate of drug-likeness (QED) is 0.313. The number of rotatable bonds is 6. The van der Waals surface area contributed by atoms with Crippen molar-refractivity contribution in [1.82, 2.24) is 0 Å². The molecule has 0 atom stereocenters. The Bertz CT molecular complexity index is 1120. The lowest BCUT2D eigenvalue weighted by Crippen LogP contribution is -2.13. The molecule has 0 aliphatic heterocycles. The molecule has 0 saturated heterocycles. The van der Waals surface area contributed by atoms with E-state index < -0.39 is 10.0 Å². The second-order valence-corrected chi connectivity index (χ2v) is 8.79. The number of aromatic hydroxyl groups is 1. The number of hydrogen-bond donors (Lipinski definition) is 3. The van der Waals surface area contributed by atoms with Crippen LogP contribution in [-0.2, 0) is 10.0 Å². The van der Waals surface area contributed by atoms with E-state index in [1.807, 2.05) is 13.0 Å². The molecular formula is C20H19NO4S2. The number of thioether (sulfide) groups is 1. The number of anilines is 1. The van der Waals surface area contributed by atoms with E-state index in [1.54, 1.807) is 42.5 Å². The SMILES string of the molecule is C=C(O)CSc1cc(NS(=O)(=O)c2cccc(C)c2)c2ccccc2c1O. The molecule has 0 aromatic heterocycles. The summed E-state index contributed by atoms with van der Waals surface area (Å²) in [5.41, 5.74) is 1.20. The summed E-state index contributed by atoms with van der Waals surface area (Å²) in [6, 6.07) is 15.2. The Morgan fingerprint density at radius 1 is 1.11 bits per heavy atom. The number of nitrogens with one attached hydrogen (secondary N) is 1. The van der Waals surface area contributed by atoms with Crippen LogP contribution in [0, 0.1) is 6.92 Å². The van der Waals surface area contributed by atoms with Gasteiger partial charge in [-0.3, -0.25) is 4.72 Å². The number of phenols is 1. The molecule has 0 spiro atoms. The number of aliphatic hydroxyl groups excluding tert-OH is 1. The maximum absolute atomic E-state index is 12.8. The highest BCUT2D eigenvalue weighted by molar-refractivity contribution is 7.99. The third-order valence-electron chi connectivity index (χ3n) is 3.92. The van der Waals surface area contributed by atoms with Gasteiger partial charge in [0, 0.05) is 10.8 Å². The van der Waals surface area contributed by atoms with Crippen LogP contribution in [0.1, 0.15) is 5.56 Å². The number of aliphatic hydroxyl groups is 1. The first-order valence-corrected chi connectivity index (χ1v) is 10.6. The van der Waals surface area contributed by atoms with Crippen LogP contribution in [0.3, 0.4) is 0 Å². The van der Waals surface area contributed by atoms with Gasteiger partial charge in [0.1, 0.15) is 5.75 Å². The van der Waals surface area contributed by atoms with Crippen molar-refractivity contribution in [2.75, 3.05) is 10.5 Å². The van der Waals surface area contributed by atoms with Crippen molar-refractivity contribution in [3.8, 4) is 5.75 Å². The number of fused-ring (bicyclic) bond motifs is 1. The average Bonchev–Trinajstić information content (AvgIpc) is 2.63. The van der Waals surface area contributed by atoms with Crippen molar-refractivity contribution in [3.63, 3.8) is 0 Å². The first kappa shape index (κ1) is 19.1. The molecule has 7 heteroatoms. The maximum atomic E-state index is 12.8. The van der Waals surface area contributed by atoms with E-state index in [9.17, 15) is 18.6 Å². The first-order chi connectivity index (χ1) is 12.8. The minimum atomic E-state index is -3.80. The molecule has 5 nitrogen and oxygen atoms in total. The fourth-order valence-electron chi connectivity index (χ4n) is 2.68. The lowest BCUT2D eigenvalue weighted by Gasteiger charge is -2.15. The topological polar surface area (TPSA) is 86.6 Å². The van der Waals surface area contributed by atoms with Gasteiger partial charge in [-0.2, -0.15) is 0 Å². The highest BCUT2D eigenvalue weighted by Gasteiger charge is 2.18. The molecule has 0 bridgehead atoms. The van der Waals surface area contributed by atoms with Crippen LogP contribution in [-0.4, -0.2) is 24.4 Å². The smallest absolute Gasteiger partial charge is 0.261 e. The van der Waals surface area contributed by atoms with Crippen LogP contribution in [0.15, 0.2) is 76.7 Å². The molecule has 0 fully saturated rings. The second-order valence-electron chi connectivity index (χ2n) is 6.09. The van der Waals surface area contributed by atoms with Crippen LogP contribution < -0.4 is 4.72 Å². The van der Waals surface area contributed by atoms with Crippen LogP contribution in [0.2, 0.25) is 0 Å². The van der Waals surface area contributed by atoms with Gasteiger partial charge in [-0.05, 0) is 30.7 Å². The van der Waals surface area contributed by atoms with E-state index in [4.69, 9.17) is 0 Å². The fraction of sp³-hybridized carbons (Fsp3) is 0.100. The normalized spacial score (nSPS) is 11.4. The van der Waals surface area contributed by atoms with Crippen LogP contribution in [0.5, 0.6) is 5.75 Å². The summed E-state index contributed by atoms with van der Waals surface area (Å²) in [4.78, 5) is 0.614. The number of aryl methyl sites for hydroxylation is 1. The van der Waals surface area contributed by atoms with E-state index >= 15 is 0 Å². The summed E-state index contributed by atoms with van der Waals surface area (Å²) in [6.45, 7) is 5.26. The van der Waals surface area contributed by atoms with Gasteiger partial charge >= 0.3 is 0 Å². The molecule has 3 rings (SSSR count). The fourth-order valence-corrected chi connectivity index (χ4v) is 4.62. The monoisotopic (exact) mass is 401 g/mol. The van der Waals surface area contributed by atoms with E-state index in [0.29, 0.717) is 21.4 Å². The summed E-state index contributed by atoms with van der Waals surface area (Å²) in [6.07, 6.45) is 0.